The van der Waals surface area contributed by atoms with Crippen molar-refractivity contribution in [2.45, 2.75) is 19.2 Å². The molecule has 0 atom stereocenters. The van der Waals surface area contributed by atoms with Gasteiger partial charge in [0.2, 0.25) is 0 Å². The molecule has 0 saturated carbocycles. The third kappa shape index (κ3) is 6.55. The zero-order valence-electron chi connectivity index (χ0n) is 20.5. The van der Waals surface area contributed by atoms with Gasteiger partial charge in [0.25, 0.3) is 0 Å². The summed E-state index contributed by atoms with van der Waals surface area (Å²) in [7, 11) is 0. The van der Waals surface area contributed by atoms with Crippen molar-refractivity contribution in [1.29, 1.82) is 0 Å². The van der Waals surface area contributed by atoms with Crippen LogP contribution in [0.4, 0.5) is 48.3 Å². The van der Waals surface area contributed by atoms with Gasteiger partial charge < -0.3 is 9.47 Å². The highest BCUT2D eigenvalue weighted by molar-refractivity contribution is 5.72. The van der Waals surface area contributed by atoms with Crippen LogP contribution >= 0.6 is 0 Å². The summed E-state index contributed by atoms with van der Waals surface area (Å²) >= 11 is 0. The summed E-state index contributed by atoms with van der Waals surface area (Å²) in [6, 6.07) is 6.99. The number of alkyl halides is 5. The lowest BCUT2D eigenvalue weighted by molar-refractivity contribution is -0.195. The Morgan fingerprint density at radius 2 is 1.20 bits per heavy atom. The van der Waals surface area contributed by atoms with Gasteiger partial charge in [-0.15, -0.1) is 0 Å². The first-order chi connectivity index (χ1) is 19.1. The van der Waals surface area contributed by atoms with E-state index in [1.165, 1.54) is 6.07 Å². The second-order valence-corrected chi connectivity index (χ2v) is 8.73. The molecule has 0 aliphatic carbocycles. The van der Waals surface area contributed by atoms with Crippen molar-refractivity contribution in [3.63, 3.8) is 0 Å². The minimum atomic E-state index is -5.35. The van der Waals surface area contributed by atoms with Gasteiger partial charge >= 0.3 is 12.3 Å². The van der Waals surface area contributed by atoms with E-state index >= 15 is 0 Å². The fourth-order valence-electron chi connectivity index (χ4n) is 3.88. The van der Waals surface area contributed by atoms with Crippen LogP contribution in [-0.4, -0.2) is 12.7 Å². The number of hydrogen-bond acceptors (Lipinski definition) is 2. The number of halogens is 11. The fraction of sp³-hybridized carbons (Fsp3) is 0.143. The van der Waals surface area contributed by atoms with E-state index in [1.54, 1.807) is 6.92 Å². The predicted molar refractivity (Wildman–Crippen MR) is 124 cm³/mol. The van der Waals surface area contributed by atoms with Crippen molar-refractivity contribution >= 4 is 0 Å². The SMILES string of the molecule is Cc1ccc(OCC(F)(F)Oc2cc(F)c(-c3ccc(-c4cc(F)c(C(F)(F)F)c(F)c4)c(F)c3)c(F)c2)c(F)c1. The lowest BCUT2D eigenvalue weighted by atomic mass is 9.97. The fourth-order valence-corrected chi connectivity index (χ4v) is 3.88. The van der Waals surface area contributed by atoms with Gasteiger partial charge in [-0.25, -0.2) is 26.3 Å². The van der Waals surface area contributed by atoms with Gasteiger partial charge in [0.15, 0.2) is 18.2 Å². The van der Waals surface area contributed by atoms with Crippen molar-refractivity contribution in [2.24, 2.45) is 0 Å². The van der Waals surface area contributed by atoms with Crippen molar-refractivity contribution in [3.05, 3.63) is 107 Å². The van der Waals surface area contributed by atoms with E-state index in [1.807, 2.05) is 0 Å². The Kier molecular flexibility index (Phi) is 7.92. The molecule has 13 heteroatoms. The van der Waals surface area contributed by atoms with Crippen molar-refractivity contribution in [3.8, 4) is 33.8 Å². The molecule has 0 aromatic heterocycles. The predicted octanol–water partition coefficient (Wildman–Crippen LogP) is 9.23. The Morgan fingerprint density at radius 3 is 1.73 bits per heavy atom. The summed E-state index contributed by atoms with van der Waals surface area (Å²) < 4.78 is 162. The molecule has 4 rings (SSSR count). The molecule has 41 heavy (non-hydrogen) atoms. The molecule has 0 amide bonds. The monoisotopic (exact) mass is 592 g/mol. The van der Waals surface area contributed by atoms with Gasteiger partial charge in [0.05, 0.1) is 5.56 Å². The molecule has 4 aromatic rings. The van der Waals surface area contributed by atoms with Gasteiger partial charge in [-0.05, 0) is 53.9 Å². The second-order valence-electron chi connectivity index (χ2n) is 8.73. The van der Waals surface area contributed by atoms with E-state index in [0.29, 0.717) is 23.8 Å². The van der Waals surface area contributed by atoms with Crippen molar-refractivity contribution in [1.82, 2.24) is 0 Å². The van der Waals surface area contributed by atoms with Crippen molar-refractivity contribution in [2.75, 3.05) is 6.61 Å². The Balaban J connectivity index is 1.56. The van der Waals surface area contributed by atoms with Crippen LogP contribution in [0.3, 0.4) is 0 Å². The summed E-state index contributed by atoms with van der Waals surface area (Å²) in [6.45, 7) is 0.0391. The Labute approximate surface area is 224 Å². The van der Waals surface area contributed by atoms with Gasteiger partial charge in [-0.2, -0.15) is 22.0 Å². The lowest BCUT2D eigenvalue weighted by Crippen LogP contribution is -2.32. The smallest absolute Gasteiger partial charge is 0.433 e. The van der Waals surface area contributed by atoms with E-state index in [4.69, 9.17) is 4.74 Å². The minimum Gasteiger partial charge on any atom is -0.480 e. The van der Waals surface area contributed by atoms with E-state index in [9.17, 15) is 48.3 Å². The third-order valence-corrected chi connectivity index (χ3v) is 5.66. The first-order valence-corrected chi connectivity index (χ1v) is 11.4. The molecule has 0 N–H and O–H groups in total. The van der Waals surface area contributed by atoms with Crippen LogP contribution in [-0.2, 0) is 6.18 Å². The molecule has 0 aliphatic rings. The normalized spacial score (nSPS) is 12.0. The van der Waals surface area contributed by atoms with Gasteiger partial charge in [0.1, 0.15) is 40.4 Å². The first kappa shape index (κ1) is 29.7. The van der Waals surface area contributed by atoms with Crippen LogP contribution in [0.15, 0.2) is 60.7 Å². The summed E-state index contributed by atoms with van der Waals surface area (Å²) in [5.41, 5.74) is -4.27. The molecule has 0 saturated heterocycles. The summed E-state index contributed by atoms with van der Waals surface area (Å²) in [5, 5.41) is 0. The average Bonchev–Trinajstić information content (AvgIpc) is 2.81. The Bertz CT molecular complexity index is 1570. The van der Waals surface area contributed by atoms with Gasteiger partial charge in [-0.1, -0.05) is 18.2 Å². The number of hydrogen-bond donors (Lipinski definition) is 0. The van der Waals surface area contributed by atoms with Crippen LogP contribution in [0.1, 0.15) is 11.1 Å². The topological polar surface area (TPSA) is 18.5 Å². The molecule has 0 unspecified atom stereocenters. The third-order valence-electron chi connectivity index (χ3n) is 5.66. The Hall–Kier alpha value is -4.29. The van der Waals surface area contributed by atoms with E-state index < -0.39 is 93.1 Å². The van der Waals surface area contributed by atoms with Crippen LogP contribution in [0.25, 0.3) is 22.3 Å². The maximum absolute atomic E-state index is 14.8. The quantitative estimate of drug-likeness (QED) is 0.199. The van der Waals surface area contributed by atoms with E-state index in [2.05, 4.69) is 4.74 Å². The summed E-state index contributed by atoms with van der Waals surface area (Å²) in [4.78, 5) is 0. The molecule has 0 fully saturated rings. The average molecular weight is 592 g/mol. The summed E-state index contributed by atoms with van der Waals surface area (Å²) in [6.07, 6.45) is -9.52. The Morgan fingerprint density at radius 1 is 0.610 bits per heavy atom. The van der Waals surface area contributed by atoms with Crippen LogP contribution in [0, 0.1) is 41.8 Å². The minimum absolute atomic E-state index is 0.244. The molecular formula is C28H15F11O2. The van der Waals surface area contributed by atoms with Gasteiger partial charge in [-0.3, -0.25) is 0 Å². The molecular weight excluding hydrogens is 577 g/mol. The number of rotatable bonds is 7. The molecule has 0 spiro atoms. The van der Waals surface area contributed by atoms with Crippen molar-refractivity contribution < 1.29 is 57.8 Å². The summed E-state index contributed by atoms with van der Waals surface area (Å²) in [5.74, 6) is -10.7. The van der Waals surface area contributed by atoms with Gasteiger partial charge in [0, 0.05) is 17.7 Å². The van der Waals surface area contributed by atoms with E-state index in [-0.39, 0.29) is 12.1 Å². The second kappa shape index (κ2) is 10.9. The maximum Gasteiger partial charge on any atom is 0.433 e. The van der Waals surface area contributed by atoms with Crippen LogP contribution in [0.2, 0.25) is 0 Å². The number of aryl methyl sites for hydroxylation is 1. The highest BCUT2D eigenvalue weighted by Crippen LogP contribution is 2.38. The number of ether oxygens (including phenoxy) is 2. The molecule has 0 bridgehead atoms. The zero-order chi connectivity index (χ0) is 30.3. The first-order valence-electron chi connectivity index (χ1n) is 11.4. The molecule has 0 heterocycles. The standard InChI is InChI=1S/C28H15F11O2/c1-13-2-5-24(19(30)6-13)40-12-27(35,36)41-16-10-20(31)25(21(32)11-16)14-3-4-17(18(29)7-14)15-8-22(33)26(23(34)9-15)28(37,38)39/h2-11H,12H2,1H3. The largest absolute Gasteiger partial charge is 0.480 e. The molecule has 4 aromatic carbocycles. The number of benzene rings is 4. The van der Waals surface area contributed by atoms with E-state index in [0.717, 1.165) is 24.3 Å². The zero-order valence-corrected chi connectivity index (χ0v) is 20.5. The molecule has 0 radical (unpaired) electrons. The maximum atomic E-state index is 14.8. The highest BCUT2D eigenvalue weighted by atomic mass is 19.4. The lowest BCUT2D eigenvalue weighted by Gasteiger charge is -2.19. The molecule has 2 nitrogen and oxygen atoms in total. The highest BCUT2D eigenvalue weighted by Gasteiger charge is 2.38. The molecule has 216 valence electrons. The van der Waals surface area contributed by atoms with Crippen LogP contribution < -0.4 is 9.47 Å². The molecule has 0 aliphatic heterocycles. The van der Waals surface area contributed by atoms with Crippen LogP contribution in [0.5, 0.6) is 11.5 Å².